The maximum absolute atomic E-state index is 14.0. The standard InChI is InChI=1S/C35H49N7O9/c1-18(2)14-24-30(46)22-6-4-7-23(22)32(48)40-25(15-20-9-11-21(43)12-10-20)33(49)38-19(3)31(47)41-26(16-28(36)44)35(51)42-13-5-8-27(42)34(50)37-17-29(45)39-24/h9-12,18-19,22-27,43H,4-8,13-17H2,1-3H3,(H2,36,44)(H,37,50)(H,38,49)(H,39,45)(H,40,48)(H,41,47)/t19-,22?,23-,24-,25-,26-,27-/m0/s1. The number of phenols is 1. The molecule has 3 fully saturated rings. The maximum Gasteiger partial charge on any atom is 0.246 e. The number of hydrogen-bond acceptors (Lipinski definition) is 9. The summed E-state index contributed by atoms with van der Waals surface area (Å²) < 4.78 is 0. The molecule has 2 saturated heterocycles. The number of Topliss-reactive ketones (excluding diaryl/α,β-unsaturated/α-hetero) is 1. The van der Waals surface area contributed by atoms with E-state index < -0.39 is 96.4 Å². The largest absolute Gasteiger partial charge is 0.508 e. The monoisotopic (exact) mass is 711 g/mol. The first-order valence-electron chi connectivity index (χ1n) is 17.5. The van der Waals surface area contributed by atoms with Crippen LogP contribution in [0.5, 0.6) is 5.75 Å². The second kappa shape index (κ2) is 17.3. The number of ketones is 1. The van der Waals surface area contributed by atoms with E-state index in [1.165, 1.54) is 24.0 Å². The van der Waals surface area contributed by atoms with Crippen LogP contribution in [0.1, 0.15) is 71.3 Å². The van der Waals surface area contributed by atoms with E-state index >= 15 is 0 Å². The Bertz CT molecular complexity index is 1510. The predicted molar refractivity (Wildman–Crippen MR) is 182 cm³/mol. The van der Waals surface area contributed by atoms with Crippen LogP contribution in [-0.2, 0) is 44.8 Å². The molecule has 7 atom stereocenters. The Morgan fingerprint density at radius 1 is 0.824 bits per heavy atom. The van der Waals surface area contributed by atoms with Gasteiger partial charge in [0.15, 0.2) is 5.78 Å². The minimum atomic E-state index is -1.45. The molecule has 16 heteroatoms. The van der Waals surface area contributed by atoms with Crippen molar-refractivity contribution in [3.8, 4) is 5.75 Å². The summed E-state index contributed by atoms with van der Waals surface area (Å²) >= 11 is 0. The SMILES string of the molecule is CC(C)C[C@@H]1NC(=O)CNC(=O)[C@@H]2CCCN2C(=O)[C@H](CC(N)=O)NC(=O)[C@H](C)NC(=O)[C@H](Cc2ccc(O)cc2)NC(=O)[C@H]2CCCC2C1=O. The first-order valence-corrected chi connectivity index (χ1v) is 17.5. The van der Waals surface area contributed by atoms with Crippen molar-refractivity contribution in [2.24, 2.45) is 23.5 Å². The van der Waals surface area contributed by atoms with Crippen molar-refractivity contribution in [2.75, 3.05) is 13.1 Å². The highest BCUT2D eigenvalue weighted by Gasteiger charge is 2.43. The number of hydrogen-bond donors (Lipinski definition) is 7. The van der Waals surface area contributed by atoms with E-state index in [-0.39, 0.29) is 36.8 Å². The molecule has 7 amide bonds. The summed E-state index contributed by atoms with van der Waals surface area (Å²) in [5.74, 6) is -6.80. The molecule has 1 aromatic rings. The Labute approximate surface area is 296 Å². The Morgan fingerprint density at radius 2 is 1.49 bits per heavy atom. The highest BCUT2D eigenvalue weighted by molar-refractivity contribution is 5.99. The molecule has 1 saturated carbocycles. The van der Waals surface area contributed by atoms with Gasteiger partial charge in [0, 0.05) is 24.8 Å². The van der Waals surface area contributed by atoms with Gasteiger partial charge in [-0.05, 0) is 62.6 Å². The summed E-state index contributed by atoms with van der Waals surface area (Å²) in [4.78, 5) is 108. The van der Waals surface area contributed by atoms with Gasteiger partial charge in [-0.25, -0.2) is 0 Å². The van der Waals surface area contributed by atoms with Crippen LogP contribution in [0.3, 0.4) is 0 Å². The highest BCUT2D eigenvalue weighted by Crippen LogP contribution is 2.34. The zero-order valence-corrected chi connectivity index (χ0v) is 29.2. The molecule has 0 aromatic heterocycles. The molecule has 0 spiro atoms. The van der Waals surface area contributed by atoms with Gasteiger partial charge < -0.3 is 42.3 Å². The summed E-state index contributed by atoms with van der Waals surface area (Å²) in [5, 5.41) is 22.9. The molecule has 278 valence electrons. The van der Waals surface area contributed by atoms with Crippen molar-refractivity contribution < 1.29 is 43.5 Å². The topological polar surface area (TPSA) is 246 Å². The van der Waals surface area contributed by atoms with Gasteiger partial charge in [0.2, 0.25) is 41.4 Å². The molecule has 2 aliphatic heterocycles. The van der Waals surface area contributed by atoms with Crippen LogP contribution in [-0.4, -0.2) is 100 Å². The molecule has 16 nitrogen and oxygen atoms in total. The number of carbonyl (C=O) groups excluding carboxylic acids is 8. The molecule has 0 radical (unpaired) electrons. The van der Waals surface area contributed by atoms with E-state index in [0.717, 1.165) is 0 Å². The predicted octanol–water partition coefficient (Wildman–Crippen LogP) is -1.08. The fourth-order valence-corrected chi connectivity index (χ4v) is 7.06. The normalized spacial score (nSPS) is 28.8. The first-order chi connectivity index (χ1) is 24.1. The number of benzene rings is 1. The molecule has 0 bridgehead atoms. The van der Waals surface area contributed by atoms with Gasteiger partial charge in [-0.1, -0.05) is 32.4 Å². The number of primary amides is 1. The average Bonchev–Trinajstić information content (AvgIpc) is 3.76. The van der Waals surface area contributed by atoms with Crippen LogP contribution in [0.15, 0.2) is 24.3 Å². The van der Waals surface area contributed by atoms with E-state index in [4.69, 9.17) is 5.73 Å². The summed E-state index contributed by atoms with van der Waals surface area (Å²) in [6.07, 6.45) is 1.76. The number of carbonyl (C=O) groups is 8. The molecule has 3 aliphatic rings. The van der Waals surface area contributed by atoms with E-state index in [9.17, 15) is 43.5 Å². The fraction of sp³-hybridized carbons (Fsp3) is 0.600. The van der Waals surface area contributed by atoms with E-state index in [2.05, 4.69) is 26.6 Å². The number of phenolic OH excluding ortho intramolecular Hbond substituents is 1. The minimum Gasteiger partial charge on any atom is -0.508 e. The first kappa shape index (κ1) is 38.8. The Morgan fingerprint density at radius 3 is 2.16 bits per heavy atom. The van der Waals surface area contributed by atoms with Crippen molar-refractivity contribution in [3.63, 3.8) is 0 Å². The molecular formula is C35H49N7O9. The van der Waals surface area contributed by atoms with Crippen LogP contribution in [0.4, 0.5) is 0 Å². The number of nitrogens with two attached hydrogens (primary N) is 1. The molecule has 8 N–H and O–H groups in total. The lowest BCUT2D eigenvalue weighted by Crippen LogP contribution is -2.58. The molecule has 1 unspecified atom stereocenters. The minimum absolute atomic E-state index is 0.0000940. The molecule has 2 heterocycles. The van der Waals surface area contributed by atoms with Gasteiger partial charge in [-0.15, -0.1) is 0 Å². The number of amides is 7. The van der Waals surface area contributed by atoms with Crippen molar-refractivity contribution in [1.82, 2.24) is 31.5 Å². The third-order valence-corrected chi connectivity index (χ3v) is 9.65. The van der Waals surface area contributed by atoms with Crippen LogP contribution in [0, 0.1) is 17.8 Å². The second-order valence-corrected chi connectivity index (χ2v) is 14.1. The van der Waals surface area contributed by atoms with Gasteiger partial charge in [0.25, 0.3) is 0 Å². The molecular weight excluding hydrogens is 662 g/mol. The fourth-order valence-electron chi connectivity index (χ4n) is 7.06. The average molecular weight is 712 g/mol. The van der Waals surface area contributed by atoms with E-state index in [0.29, 0.717) is 37.7 Å². The lowest BCUT2D eigenvalue weighted by atomic mass is 9.85. The molecule has 4 rings (SSSR count). The third kappa shape index (κ3) is 10.3. The van der Waals surface area contributed by atoms with Crippen LogP contribution >= 0.6 is 0 Å². The van der Waals surface area contributed by atoms with Crippen molar-refractivity contribution >= 4 is 47.1 Å². The Kier molecular flexibility index (Phi) is 13.1. The lowest BCUT2D eigenvalue weighted by molar-refractivity contribution is -0.143. The van der Waals surface area contributed by atoms with Gasteiger partial charge in [-0.3, -0.25) is 38.4 Å². The summed E-state index contributed by atoms with van der Waals surface area (Å²) in [5.41, 5.74) is 5.99. The second-order valence-electron chi connectivity index (χ2n) is 14.1. The summed E-state index contributed by atoms with van der Waals surface area (Å²) in [6.45, 7) is 4.82. The van der Waals surface area contributed by atoms with Crippen LogP contribution in [0.2, 0.25) is 0 Å². The number of nitrogens with zero attached hydrogens (tertiary/aromatic N) is 1. The quantitative estimate of drug-likeness (QED) is 0.189. The Hall–Kier alpha value is -5.02. The molecule has 51 heavy (non-hydrogen) atoms. The molecule has 1 aliphatic carbocycles. The zero-order valence-electron chi connectivity index (χ0n) is 29.2. The van der Waals surface area contributed by atoms with Crippen molar-refractivity contribution in [2.45, 2.75) is 102 Å². The van der Waals surface area contributed by atoms with Gasteiger partial charge in [-0.2, -0.15) is 0 Å². The third-order valence-electron chi connectivity index (χ3n) is 9.65. The smallest absolute Gasteiger partial charge is 0.246 e. The molecule has 1 aromatic carbocycles. The van der Waals surface area contributed by atoms with Crippen molar-refractivity contribution in [3.05, 3.63) is 29.8 Å². The van der Waals surface area contributed by atoms with Gasteiger partial charge in [0.05, 0.1) is 19.0 Å². The summed E-state index contributed by atoms with van der Waals surface area (Å²) in [7, 11) is 0. The van der Waals surface area contributed by atoms with E-state index in [1.54, 1.807) is 12.1 Å². The van der Waals surface area contributed by atoms with Gasteiger partial charge in [0.1, 0.15) is 29.9 Å². The Balaban J connectivity index is 1.68. The highest BCUT2D eigenvalue weighted by atomic mass is 16.3. The van der Waals surface area contributed by atoms with Crippen LogP contribution < -0.4 is 32.3 Å². The lowest BCUT2D eigenvalue weighted by Gasteiger charge is -2.29. The van der Waals surface area contributed by atoms with Gasteiger partial charge >= 0.3 is 0 Å². The maximum atomic E-state index is 14.0. The number of fused-ring (bicyclic) bond motifs is 2. The van der Waals surface area contributed by atoms with E-state index in [1.807, 2.05) is 13.8 Å². The number of nitrogens with one attached hydrogen (secondary N) is 5. The van der Waals surface area contributed by atoms with Crippen LogP contribution in [0.25, 0.3) is 0 Å². The number of rotatable bonds is 6. The zero-order chi connectivity index (χ0) is 37.4. The van der Waals surface area contributed by atoms with Crippen molar-refractivity contribution in [1.29, 1.82) is 0 Å². The number of aromatic hydroxyl groups is 1. The summed E-state index contributed by atoms with van der Waals surface area (Å²) in [6, 6.07) is 0.184.